The van der Waals surface area contributed by atoms with Gasteiger partial charge in [-0.1, -0.05) is 43.3 Å². The Morgan fingerprint density at radius 1 is 0.902 bits per heavy atom. The number of carbonyl (C=O) groups is 4. The summed E-state index contributed by atoms with van der Waals surface area (Å²) in [6, 6.07) is 8.90. The molecule has 224 valence electrons. The van der Waals surface area contributed by atoms with E-state index in [1.807, 2.05) is 84.9 Å². The summed E-state index contributed by atoms with van der Waals surface area (Å²) in [5.41, 5.74) is 8.81. The van der Waals surface area contributed by atoms with Crippen LogP contribution in [0.1, 0.15) is 88.2 Å². The molecule has 0 aliphatic heterocycles. The minimum Gasteiger partial charge on any atom is -0.444 e. The van der Waals surface area contributed by atoms with Gasteiger partial charge in [-0.3, -0.25) is 14.4 Å². The van der Waals surface area contributed by atoms with Gasteiger partial charge >= 0.3 is 6.09 Å². The van der Waals surface area contributed by atoms with Gasteiger partial charge in [0, 0.05) is 11.2 Å². The summed E-state index contributed by atoms with van der Waals surface area (Å²) >= 11 is 0. The second-order valence-corrected chi connectivity index (χ2v) is 12.2. The van der Waals surface area contributed by atoms with Crippen molar-refractivity contribution in [2.45, 2.75) is 105 Å². The number of aryl methyl sites for hydroxylation is 4. The third-order valence-corrected chi connectivity index (χ3v) is 7.23. The summed E-state index contributed by atoms with van der Waals surface area (Å²) < 4.78 is 5.37. The number of nitrogens with zero attached hydrogens (tertiary/aromatic N) is 1. The maximum atomic E-state index is 14.4. The Bertz CT molecular complexity index is 1280. The zero-order chi connectivity index (χ0) is 31.3. The van der Waals surface area contributed by atoms with Gasteiger partial charge in [-0.25, -0.2) is 4.79 Å². The van der Waals surface area contributed by atoms with Gasteiger partial charge in [0.25, 0.3) is 5.91 Å². The maximum Gasteiger partial charge on any atom is 0.408 e. The lowest BCUT2D eigenvalue weighted by molar-refractivity contribution is -0.148. The van der Waals surface area contributed by atoms with Crippen LogP contribution in [0.4, 0.5) is 10.5 Å². The molecule has 0 spiro atoms. The molecule has 0 radical (unpaired) electrons. The summed E-state index contributed by atoms with van der Waals surface area (Å²) in [4.78, 5) is 55.0. The Balaban J connectivity index is 2.73. The number of anilines is 1. The Morgan fingerprint density at radius 2 is 1.49 bits per heavy atom. The molecule has 2 atom stereocenters. The van der Waals surface area contributed by atoms with Crippen molar-refractivity contribution in [2.24, 2.45) is 5.73 Å². The fraction of sp³-hybridized carbons (Fsp3) is 0.500. The summed E-state index contributed by atoms with van der Waals surface area (Å²) in [6.07, 6.45) is -0.854. The Labute approximate surface area is 244 Å². The monoisotopic (exact) mass is 566 g/mol. The number of hydrogen-bond acceptors (Lipinski definition) is 5. The highest BCUT2D eigenvalue weighted by Crippen LogP contribution is 2.34. The number of amides is 4. The van der Waals surface area contributed by atoms with Crippen molar-refractivity contribution in [1.29, 1.82) is 0 Å². The van der Waals surface area contributed by atoms with E-state index in [4.69, 9.17) is 10.5 Å². The standard InChI is InChI=1S/C32H46N4O5/c1-11-32(9,10)36(29(39)24(18-25(33)37)34-30(40)41-31(6,7)8)27(23-16-15-19(2)22(5)17-23)28(38)35-26-20(3)13-12-14-21(26)4/h12-17,24,27H,11,18H2,1-10H3,(H2,33,37)(H,34,40)(H,35,38). The second-order valence-electron chi connectivity index (χ2n) is 12.2. The molecule has 0 saturated carbocycles. The topological polar surface area (TPSA) is 131 Å². The lowest BCUT2D eigenvalue weighted by atomic mass is 9.90. The number of alkyl carbamates (subject to hydrolysis) is 1. The number of para-hydroxylation sites is 1. The molecule has 0 bridgehead atoms. The molecular formula is C32H46N4O5. The number of rotatable bonds is 10. The minimum absolute atomic E-state index is 0.421. The molecule has 2 rings (SSSR count). The minimum atomic E-state index is -1.35. The van der Waals surface area contributed by atoms with Crippen molar-refractivity contribution in [3.63, 3.8) is 0 Å². The third-order valence-electron chi connectivity index (χ3n) is 7.23. The van der Waals surface area contributed by atoms with Crippen molar-refractivity contribution in [2.75, 3.05) is 5.32 Å². The van der Waals surface area contributed by atoms with Crippen molar-refractivity contribution in [1.82, 2.24) is 10.2 Å². The Kier molecular flexibility index (Phi) is 10.7. The first-order valence-electron chi connectivity index (χ1n) is 13.9. The predicted octanol–water partition coefficient (Wildman–Crippen LogP) is 5.39. The SMILES string of the molecule is CCC(C)(C)N(C(=O)C(CC(N)=O)NC(=O)OC(C)(C)C)C(C(=O)Nc1c(C)cccc1C)c1ccc(C)c(C)c1. The van der Waals surface area contributed by atoms with Gasteiger partial charge in [0.15, 0.2) is 0 Å². The van der Waals surface area contributed by atoms with Crippen molar-refractivity contribution in [3.05, 3.63) is 64.2 Å². The van der Waals surface area contributed by atoms with Crippen LogP contribution in [0.3, 0.4) is 0 Å². The summed E-state index contributed by atoms with van der Waals surface area (Å²) in [5, 5.41) is 5.59. The van der Waals surface area contributed by atoms with E-state index in [2.05, 4.69) is 10.6 Å². The second kappa shape index (κ2) is 13.2. The van der Waals surface area contributed by atoms with Crippen molar-refractivity contribution in [3.8, 4) is 0 Å². The van der Waals surface area contributed by atoms with Gasteiger partial charge in [0.05, 0.1) is 6.42 Å². The fourth-order valence-electron chi connectivity index (χ4n) is 4.52. The van der Waals surface area contributed by atoms with Crippen LogP contribution in [0, 0.1) is 27.7 Å². The van der Waals surface area contributed by atoms with Gasteiger partial charge in [-0.15, -0.1) is 0 Å². The number of nitrogens with one attached hydrogen (secondary N) is 2. The average molecular weight is 567 g/mol. The quantitative estimate of drug-likeness (QED) is 0.355. The smallest absolute Gasteiger partial charge is 0.408 e. The number of carbonyl (C=O) groups excluding carboxylic acids is 4. The van der Waals surface area contributed by atoms with Crippen LogP contribution in [0.25, 0.3) is 0 Å². The largest absolute Gasteiger partial charge is 0.444 e. The molecule has 2 aromatic carbocycles. The first kappa shape index (κ1) is 33.3. The number of nitrogens with two attached hydrogens (primary N) is 1. The highest BCUT2D eigenvalue weighted by atomic mass is 16.6. The van der Waals surface area contributed by atoms with Crippen molar-refractivity contribution < 1.29 is 23.9 Å². The van der Waals surface area contributed by atoms with Gasteiger partial charge in [0.1, 0.15) is 17.7 Å². The molecule has 41 heavy (non-hydrogen) atoms. The normalized spacial score (nSPS) is 13.1. The predicted molar refractivity (Wildman–Crippen MR) is 161 cm³/mol. The number of hydrogen-bond donors (Lipinski definition) is 3. The van der Waals surface area contributed by atoms with Crippen LogP contribution < -0.4 is 16.4 Å². The van der Waals surface area contributed by atoms with E-state index in [9.17, 15) is 19.2 Å². The van der Waals surface area contributed by atoms with Crippen LogP contribution in [0.2, 0.25) is 0 Å². The molecule has 9 heteroatoms. The lowest BCUT2D eigenvalue weighted by Gasteiger charge is -2.44. The highest BCUT2D eigenvalue weighted by Gasteiger charge is 2.43. The van der Waals surface area contributed by atoms with Gasteiger partial charge in [-0.2, -0.15) is 0 Å². The molecule has 2 unspecified atom stereocenters. The summed E-state index contributed by atoms with van der Waals surface area (Å²) in [5.74, 6) is -1.83. The molecule has 0 aliphatic rings. The molecule has 0 aliphatic carbocycles. The Hall–Kier alpha value is -3.88. The molecule has 2 aromatic rings. The van der Waals surface area contributed by atoms with Gasteiger partial charge < -0.3 is 26.0 Å². The van der Waals surface area contributed by atoms with Crippen LogP contribution in [0.15, 0.2) is 36.4 Å². The van der Waals surface area contributed by atoms with E-state index in [1.54, 1.807) is 20.8 Å². The molecule has 4 amide bonds. The molecule has 9 nitrogen and oxygen atoms in total. The van der Waals surface area contributed by atoms with E-state index < -0.39 is 53.5 Å². The highest BCUT2D eigenvalue weighted by molar-refractivity contribution is 6.00. The first-order valence-corrected chi connectivity index (χ1v) is 13.9. The molecule has 0 heterocycles. The third kappa shape index (κ3) is 8.80. The summed E-state index contributed by atoms with van der Waals surface area (Å²) in [6.45, 7) is 18.4. The zero-order valence-electron chi connectivity index (χ0n) is 26.1. The Morgan fingerprint density at radius 3 is 1.98 bits per heavy atom. The summed E-state index contributed by atoms with van der Waals surface area (Å²) in [7, 11) is 0. The number of ether oxygens (including phenoxy) is 1. The molecule has 4 N–H and O–H groups in total. The van der Waals surface area contributed by atoms with Crippen LogP contribution in [-0.4, -0.2) is 45.9 Å². The molecular weight excluding hydrogens is 520 g/mol. The van der Waals surface area contributed by atoms with Crippen LogP contribution in [0.5, 0.6) is 0 Å². The molecule has 0 aromatic heterocycles. The zero-order valence-corrected chi connectivity index (χ0v) is 26.1. The van der Waals surface area contributed by atoms with E-state index in [-0.39, 0.29) is 0 Å². The average Bonchev–Trinajstić information content (AvgIpc) is 2.84. The van der Waals surface area contributed by atoms with Gasteiger partial charge in [0.2, 0.25) is 11.8 Å². The van der Waals surface area contributed by atoms with E-state index >= 15 is 0 Å². The van der Waals surface area contributed by atoms with Crippen LogP contribution in [-0.2, 0) is 19.1 Å². The maximum absolute atomic E-state index is 14.4. The van der Waals surface area contributed by atoms with Crippen molar-refractivity contribution >= 4 is 29.5 Å². The van der Waals surface area contributed by atoms with E-state index in [0.29, 0.717) is 17.7 Å². The number of primary amides is 1. The van der Waals surface area contributed by atoms with Gasteiger partial charge in [-0.05, 0) is 96.6 Å². The molecule has 0 fully saturated rings. The number of benzene rings is 2. The van der Waals surface area contributed by atoms with E-state index in [0.717, 1.165) is 22.3 Å². The van der Waals surface area contributed by atoms with Crippen LogP contribution >= 0.6 is 0 Å². The fourth-order valence-corrected chi connectivity index (χ4v) is 4.52. The van der Waals surface area contributed by atoms with E-state index in [1.165, 1.54) is 4.90 Å². The molecule has 0 saturated heterocycles. The lowest BCUT2D eigenvalue weighted by Crippen LogP contribution is -2.59. The first-order chi connectivity index (χ1) is 18.9.